The maximum absolute atomic E-state index is 13.1. The Labute approximate surface area is 219 Å². The van der Waals surface area contributed by atoms with Gasteiger partial charge in [0.15, 0.2) is 0 Å². The zero-order chi connectivity index (χ0) is 25.7. The van der Waals surface area contributed by atoms with E-state index in [0.29, 0.717) is 30.8 Å². The van der Waals surface area contributed by atoms with Gasteiger partial charge in [0.2, 0.25) is 0 Å². The van der Waals surface area contributed by atoms with Crippen LogP contribution in [0.5, 0.6) is 5.75 Å². The molecule has 1 aliphatic heterocycles. The van der Waals surface area contributed by atoms with Gasteiger partial charge in [-0.15, -0.1) is 0 Å². The van der Waals surface area contributed by atoms with E-state index in [4.69, 9.17) is 21.1 Å². The Balaban J connectivity index is 1.54. The highest BCUT2D eigenvalue weighted by molar-refractivity contribution is 6.31. The van der Waals surface area contributed by atoms with E-state index in [1.54, 1.807) is 0 Å². The van der Waals surface area contributed by atoms with Crippen molar-refractivity contribution < 1.29 is 14.3 Å². The Kier molecular flexibility index (Phi) is 8.81. The largest absolute Gasteiger partial charge is 0.494 e. The molecule has 194 valence electrons. The first kappa shape index (κ1) is 26.4. The Morgan fingerprint density at radius 1 is 1.14 bits per heavy atom. The van der Waals surface area contributed by atoms with E-state index < -0.39 is 0 Å². The minimum atomic E-state index is -0.286. The van der Waals surface area contributed by atoms with Gasteiger partial charge in [-0.05, 0) is 73.2 Å². The first-order valence-corrected chi connectivity index (χ1v) is 13.4. The number of nitrogens with zero attached hydrogens (tertiary/aromatic N) is 1. The molecule has 2 heterocycles. The average Bonchev–Trinajstić information content (AvgIpc) is 3.22. The van der Waals surface area contributed by atoms with Crippen molar-refractivity contribution in [3.63, 3.8) is 0 Å². The molecule has 0 radical (unpaired) electrons. The Morgan fingerprint density at radius 2 is 1.92 bits per heavy atom. The first-order valence-electron chi connectivity index (χ1n) is 13.0. The van der Waals surface area contributed by atoms with Gasteiger partial charge < -0.3 is 19.8 Å². The summed E-state index contributed by atoms with van der Waals surface area (Å²) in [5.74, 6) is 1.12. The zero-order valence-electron chi connectivity index (χ0n) is 21.8. The standard InChI is InChI=1S/C29H38ClN3O3/c1-19(2)18-36-29(34)33-15-13-24-25-17-22(30)9-12-26(25)32-27(24)28(33)21-7-10-23(11-8-21)35-16-6-5-14-31-20(3)4/h7-12,17,19-20,28,31-32H,5-6,13-16,18H2,1-4H3. The maximum atomic E-state index is 13.1. The van der Waals surface area contributed by atoms with Gasteiger partial charge in [0.25, 0.3) is 0 Å². The predicted octanol–water partition coefficient (Wildman–Crippen LogP) is 6.72. The third-order valence-corrected chi connectivity index (χ3v) is 6.69. The Morgan fingerprint density at radius 3 is 2.64 bits per heavy atom. The zero-order valence-corrected chi connectivity index (χ0v) is 22.5. The van der Waals surface area contributed by atoms with E-state index in [0.717, 1.165) is 53.7 Å². The number of ether oxygens (including phenoxy) is 2. The second-order valence-electron chi connectivity index (χ2n) is 10.3. The highest BCUT2D eigenvalue weighted by Gasteiger charge is 2.35. The van der Waals surface area contributed by atoms with Crippen LogP contribution >= 0.6 is 11.6 Å². The molecule has 1 amide bonds. The molecule has 1 atom stereocenters. The molecule has 0 saturated carbocycles. The van der Waals surface area contributed by atoms with Crippen molar-refractivity contribution in [3.05, 3.63) is 64.3 Å². The van der Waals surface area contributed by atoms with Crippen molar-refractivity contribution in [1.29, 1.82) is 0 Å². The molecule has 0 bridgehead atoms. The number of benzene rings is 2. The smallest absolute Gasteiger partial charge is 0.410 e. The van der Waals surface area contributed by atoms with Crippen molar-refractivity contribution in [2.75, 3.05) is 26.3 Å². The van der Waals surface area contributed by atoms with Gasteiger partial charge in [-0.25, -0.2) is 4.79 Å². The van der Waals surface area contributed by atoms with E-state index in [2.05, 4.69) is 36.3 Å². The number of hydrogen-bond acceptors (Lipinski definition) is 4. The number of halogens is 1. The minimum absolute atomic E-state index is 0.268. The Hall–Kier alpha value is -2.70. The van der Waals surface area contributed by atoms with E-state index in [1.807, 2.05) is 49.1 Å². The molecule has 2 N–H and O–H groups in total. The van der Waals surface area contributed by atoms with Gasteiger partial charge in [-0.2, -0.15) is 0 Å². The summed E-state index contributed by atoms with van der Waals surface area (Å²) in [6.07, 6.45) is 2.54. The maximum Gasteiger partial charge on any atom is 0.410 e. The number of carbonyl (C=O) groups is 1. The summed E-state index contributed by atoms with van der Waals surface area (Å²) in [5, 5.41) is 5.25. The third-order valence-electron chi connectivity index (χ3n) is 6.45. The van der Waals surface area contributed by atoms with Crippen molar-refractivity contribution >= 4 is 28.6 Å². The quantitative estimate of drug-likeness (QED) is 0.296. The number of hydrogen-bond donors (Lipinski definition) is 2. The molecule has 36 heavy (non-hydrogen) atoms. The van der Waals surface area contributed by atoms with E-state index in [1.165, 1.54) is 5.56 Å². The van der Waals surface area contributed by atoms with Gasteiger partial charge in [-0.1, -0.05) is 51.4 Å². The van der Waals surface area contributed by atoms with Crippen LogP contribution in [0.3, 0.4) is 0 Å². The summed E-state index contributed by atoms with van der Waals surface area (Å²) in [4.78, 5) is 18.5. The molecule has 0 aliphatic carbocycles. The SMILES string of the molecule is CC(C)COC(=O)N1CCc2c([nH]c3ccc(Cl)cc23)C1c1ccc(OCCCCNC(C)C)cc1. The lowest BCUT2D eigenvalue weighted by Crippen LogP contribution is -2.41. The van der Waals surface area contributed by atoms with Crippen LogP contribution in [-0.4, -0.2) is 48.3 Å². The van der Waals surface area contributed by atoms with E-state index in [9.17, 15) is 4.79 Å². The number of fused-ring (bicyclic) bond motifs is 3. The fraction of sp³-hybridized carbons (Fsp3) is 0.483. The van der Waals surface area contributed by atoms with Gasteiger partial charge in [-0.3, -0.25) is 4.90 Å². The van der Waals surface area contributed by atoms with Crippen molar-refractivity contribution in [3.8, 4) is 5.75 Å². The van der Waals surface area contributed by atoms with Gasteiger partial charge in [0.1, 0.15) is 11.8 Å². The van der Waals surface area contributed by atoms with Gasteiger partial charge in [0, 0.05) is 34.2 Å². The fourth-order valence-electron chi connectivity index (χ4n) is 4.68. The molecule has 2 aromatic carbocycles. The van der Waals surface area contributed by atoms with Crippen LogP contribution in [0.2, 0.25) is 5.02 Å². The minimum Gasteiger partial charge on any atom is -0.494 e. The average molecular weight is 512 g/mol. The van der Waals surface area contributed by atoms with Crippen LogP contribution in [-0.2, 0) is 11.2 Å². The summed E-state index contributed by atoms with van der Waals surface area (Å²) in [6, 6.07) is 14.2. The molecule has 1 unspecified atom stereocenters. The lowest BCUT2D eigenvalue weighted by molar-refractivity contribution is 0.0797. The van der Waals surface area contributed by atoms with Crippen molar-refractivity contribution in [1.82, 2.24) is 15.2 Å². The number of H-pyrrole nitrogens is 1. The molecular weight excluding hydrogens is 474 g/mol. The number of aromatic amines is 1. The van der Waals surface area contributed by atoms with Gasteiger partial charge in [0.05, 0.1) is 13.2 Å². The summed E-state index contributed by atoms with van der Waals surface area (Å²) < 4.78 is 11.6. The third kappa shape index (κ3) is 6.34. The number of amides is 1. The van der Waals surface area contributed by atoms with E-state index in [-0.39, 0.29) is 18.1 Å². The second kappa shape index (κ2) is 12.0. The molecule has 0 spiro atoms. The summed E-state index contributed by atoms with van der Waals surface area (Å²) in [5.41, 5.74) is 4.27. The second-order valence-corrected chi connectivity index (χ2v) is 10.7. The van der Waals surface area contributed by atoms with Crippen LogP contribution < -0.4 is 10.1 Å². The number of carbonyl (C=O) groups excluding carboxylic acids is 1. The van der Waals surface area contributed by atoms with Crippen molar-refractivity contribution in [2.24, 2.45) is 5.92 Å². The number of unbranched alkanes of at least 4 members (excludes halogenated alkanes) is 1. The molecule has 7 heteroatoms. The molecule has 0 saturated heterocycles. The summed E-state index contributed by atoms with van der Waals surface area (Å²) >= 11 is 6.31. The molecular formula is C29H38ClN3O3. The van der Waals surface area contributed by atoms with Crippen LogP contribution in [0.1, 0.15) is 63.4 Å². The van der Waals surface area contributed by atoms with Crippen LogP contribution in [0.25, 0.3) is 10.9 Å². The first-order chi connectivity index (χ1) is 17.3. The lowest BCUT2D eigenvalue weighted by atomic mass is 9.92. The highest BCUT2D eigenvalue weighted by Crippen LogP contribution is 2.39. The molecule has 3 aromatic rings. The van der Waals surface area contributed by atoms with E-state index >= 15 is 0 Å². The highest BCUT2D eigenvalue weighted by atomic mass is 35.5. The predicted molar refractivity (Wildman–Crippen MR) is 146 cm³/mol. The number of aromatic nitrogens is 1. The number of rotatable bonds is 10. The molecule has 4 rings (SSSR count). The van der Waals surface area contributed by atoms with Crippen LogP contribution in [0.4, 0.5) is 4.79 Å². The topological polar surface area (TPSA) is 66.6 Å². The Bertz CT molecular complexity index is 1160. The summed E-state index contributed by atoms with van der Waals surface area (Å²) in [7, 11) is 0. The molecule has 1 aromatic heterocycles. The molecule has 6 nitrogen and oxygen atoms in total. The molecule has 0 fully saturated rings. The van der Waals surface area contributed by atoms with Crippen LogP contribution in [0, 0.1) is 5.92 Å². The number of nitrogens with one attached hydrogen (secondary N) is 2. The normalized spacial score (nSPS) is 15.5. The van der Waals surface area contributed by atoms with Gasteiger partial charge >= 0.3 is 6.09 Å². The molecule has 1 aliphatic rings. The lowest BCUT2D eigenvalue weighted by Gasteiger charge is -2.35. The monoisotopic (exact) mass is 511 g/mol. The van der Waals surface area contributed by atoms with Crippen molar-refractivity contribution in [2.45, 2.75) is 59.0 Å². The van der Waals surface area contributed by atoms with Crippen LogP contribution in [0.15, 0.2) is 42.5 Å². The summed E-state index contributed by atoms with van der Waals surface area (Å²) in [6.45, 7) is 11.1. The fourth-order valence-corrected chi connectivity index (χ4v) is 4.85.